The van der Waals surface area contributed by atoms with Gasteiger partial charge in [-0.05, 0) is 0 Å². The van der Waals surface area contributed by atoms with Crippen molar-refractivity contribution in [1.29, 1.82) is 0 Å². The van der Waals surface area contributed by atoms with Crippen LogP contribution in [0.4, 0.5) is 0 Å². The second-order valence-electron chi connectivity index (χ2n) is 20.5. The van der Waals surface area contributed by atoms with E-state index in [1.807, 2.05) is 0 Å². The van der Waals surface area contributed by atoms with Crippen LogP contribution in [-0.4, -0.2) is 0 Å². The summed E-state index contributed by atoms with van der Waals surface area (Å²) in [5, 5.41) is 5.38. The van der Waals surface area contributed by atoms with E-state index in [4.69, 9.17) is 0 Å². The average Bonchev–Trinajstić information content (AvgIpc) is 3.65. The van der Waals surface area contributed by atoms with Gasteiger partial charge >= 0.3 is 345 Å². The third-order valence-electron chi connectivity index (χ3n) is 12.1. The molecule has 0 spiro atoms. The van der Waals surface area contributed by atoms with Gasteiger partial charge in [0.2, 0.25) is 0 Å². The summed E-state index contributed by atoms with van der Waals surface area (Å²) < 4.78 is 3.32. The van der Waals surface area contributed by atoms with Crippen LogP contribution >= 0.6 is 0 Å². The molecule has 0 unspecified atom stereocenters. The van der Waals surface area contributed by atoms with Crippen molar-refractivity contribution in [2.45, 2.75) is 118 Å². The Balaban J connectivity index is 1.42. The fourth-order valence-corrected chi connectivity index (χ4v) is 12.8. The molecule has 0 atom stereocenters. The van der Waals surface area contributed by atoms with Crippen LogP contribution < -0.4 is 0 Å². The molecule has 0 saturated heterocycles. The summed E-state index contributed by atoms with van der Waals surface area (Å²) in [7, 11) is 0. The van der Waals surface area contributed by atoms with Crippen LogP contribution in [0.5, 0.6) is 0 Å². The molecule has 2 aliphatic rings. The second kappa shape index (κ2) is 13.4. The van der Waals surface area contributed by atoms with Crippen LogP contribution in [0.2, 0.25) is 0 Å². The van der Waals surface area contributed by atoms with Gasteiger partial charge in [0.05, 0.1) is 0 Å². The molecule has 278 valence electrons. The van der Waals surface area contributed by atoms with Crippen molar-refractivity contribution in [3.63, 3.8) is 0 Å². The van der Waals surface area contributed by atoms with E-state index < -0.39 is 23.2 Å². The van der Waals surface area contributed by atoms with Gasteiger partial charge in [0.1, 0.15) is 0 Å². The van der Waals surface area contributed by atoms with E-state index in [1.54, 1.807) is 17.7 Å². The average molecular weight is 798 g/mol. The van der Waals surface area contributed by atoms with Gasteiger partial charge in [0.15, 0.2) is 0 Å². The number of allylic oxidation sites excluding steroid dienone is 2. The third-order valence-corrected chi connectivity index (χ3v) is 16.1. The summed E-state index contributed by atoms with van der Waals surface area (Å²) in [6, 6.07) is 43.2. The maximum atomic E-state index is 2.55. The van der Waals surface area contributed by atoms with E-state index in [-0.39, 0.29) is 21.7 Å². The summed E-state index contributed by atoms with van der Waals surface area (Å²) in [5.74, 6) is 0. The molecule has 0 fully saturated rings. The molecular weight excluding hydrogens is 740 g/mol. The third kappa shape index (κ3) is 7.32. The fourth-order valence-electron chi connectivity index (χ4n) is 8.45. The van der Waals surface area contributed by atoms with E-state index in [9.17, 15) is 0 Å². The zero-order valence-corrected chi connectivity index (χ0v) is 37.8. The van der Waals surface area contributed by atoms with Gasteiger partial charge in [0.25, 0.3) is 0 Å². The molecular formula is C54H58Zr. The molecule has 0 bridgehead atoms. The first-order valence-electron chi connectivity index (χ1n) is 20.3. The molecule has 0 heterocycles. The Morgan fingerprint density at radius 1 is 0.364 bits per heavy atom. The predicted octanol–water partition coefficient (Wildman–Crippen LogP) is 14.8. The number of hydrogen-bond acceptors (Lipinski definition) is 0. The SMILES string of the molecule is CC(C)(C)c1cc(C2=[C]([Zr][C]3=C(c4cc(C(C)(C)C)cc(C(C)(C)C)c4)Cc4cc5ccccc5cc43)c3cc4ccccc4cc3C2)cc(C(C)(C)C)c1. The zero-order valence-electron chi connectivity index (χ0n) is 35.3. The molecule has 0 saturated carbocycles. The van der Waals surface area contributed by atoms with Crippen LogP contribution in [0.1, 0.15) is 139 Å². The first-order valence-corrected chi connectivity index (χ1v) is 22.8. The maximum absolute atomic E-state index is 2.55. The van der Waals surface area contributed by atoms with Crippen molar-refractivity contribution in [1.82, 2.24) is 0 Å². The molecule has 0 aliphatic heterocycles. The van der Waals surface area contributed by atoms with E-state index >= 15 is 0 Å². The van der Waals surface area contributed by atoms with Crippen molar-refractivity contribution in [3.8, 4) is 0 Å². The Morgan fingerprint density at radius 3 is 0.945 bits per heavy atom. The Hall–Kier alpha value is -3.80. The van der Waals surface area contributed by atoms with Crippen molar-refractivity contribution in [2.24, 2.45) is 0 Å². The molecule has 8 rings (SSSR count). The molecule has 55 heavy (non-hydrogen) atoms. The number of benzene rings is 6. The van der Waals surface area contributed by atoms with Gasteiger partial charge in [-0.15, -0.1) is 0 Å². The van der Waals surface area contributed by atoms with Gasteiger partial charge in [0, 0.05) is 0 Å². The topological polar surface area (TPSA) is 0 Å². The number of fused-ring (bicyclic) bond motifs is 4. The molecule has 6 aromatic carbocycles. The molecule has 2 aliphatic carbocycles. The van der Waals surface area contributed by atoms with Crippen molar-refractivity contribution in [2.75, 3.05) is 0 Å². The van der Waals surface area contributed by atoms with E-state index in [1.165, 1.54) is 77.2 Å². The minimum absolute atomic E-state index is 0.0564. The second-order valence-corrected chi connectivity index (χ2v) is 23.6. The molecule has 0 amide bonds. The summed E-state index contributed by atoms with van der Waals surface area (Å²) >= 11 is -1.42. The first-order chi connectivity index (χ1) is 25.7. The van der Waals surface area contributed by atoms with Crippen LogP contribution in [0.15, 0.2) is 109 Å². The van der Waals surface area contributed by atoms with Gasteiger partial charge in [-0.25, -0.2) is 0 Å². The van der Waals surface area contributed by atoms with Gasteiger partial charge < -0.3 is 0 Å². The molecule has 0 N–H and O–H groups in total. The summed E-state index contributed by atoms with van der Waals surface area (Å²) in [5.41, 5.74) is 17.9. The Bertz CT molecular complexity index is 2330. The Morgan fingerprint density at radius 2 is 0.655 bits per heavy atom. The van der Waals surface area contributed by atoms with E-state index in [0.717, 1.165) is 12.8 Å². The fraction of sp³-hybridized carbons (Fsp3) is 0.333. The number of rotatable bonds is 4. The number of hydrogen-bond donors (Lipinski definition) is 0. The molecule has 1 heteroatoms. The van der Waals surface area contributed by atoms with Gasteiger partial charge in [-0.3, -0.25) is 0 Å². The monoisotopic (exact) mass is 796 g/mol. The van der Waals surface area contributed by atoms with E-state index in [0.29, 0.717) is 0 Å². The van der Waals surface area contributed by atoms with Crippen LogP contribution in [0.3, 0.4) is 0 Å². The first kappa shape index (κ1) is 38.1. The minimum atomic E-state index is -1.42. The Labute approximate surface area is 342 Å². The quantitative estimate of drug-likeness (QED) is 0.167. The predicted molar refractivity (Wildman–Crippen MR) is 237 cm³/mol. The van der Waals surface area contributed by atoms with Crippen LogP contribution in [0, 0.1) is 0 Å². The van der Waals surface area contributed by atoms with Crippen molar-refractivity contribution >= 4 is 39.3 Å². The Kier molecular flexibility index (Phi) is 9.29. The zero-order chi connectivity index (χ0) is 39.2. The standard InChI is InChI=1S/2C27H29.Zr/c2*1-26(2,3)24-15-23(16-25(17-24)27(4,5)6)22-13-20-11-18-9-7-8-10-19(18)12-21(20)14-22;/h2*7-12,15-17H,13H2,1-6H3;. The molecule has 0 aromatic heterocycles. The summed E-state index contributed by atoms with van der Waals surface area (Å²) in [6.07, 6.45) is 1.99. The van der Waals surface area contributed by atoms with Gasteiger partial charge in [-0.2, -0.15) is 0 Å². The molecule has 6 aromatic rings. The molecule has 0 radical (unpaired) electrons. The van der Waals surface area contributed by atoms with Crippen molar-refractivity contribution < 1.29 is 23.2 Å². The van der Waals surface area contributed by atoms with Crippen LogP contribution in [0.25, 0.3) is 39.3 Å². The molecule has 0 nitrogen and oxygen atoms in total. The summed E-state index contributed by atoms with van der Waals surface area (Å²) in [4.78, 5) is 0. The summed E-state index contributed by atoms with van der Waals surface area (Å²) in [6.45, 7) is 28.4. The van der Waals surface area contributed by atoms with Gasteiger partial charge in [-0.1, -0.05) is 0 Å². The van der Waals surface area contributed by atoms with Crippen molar-refractivity contribution in [3.05, 3.63) is 165 Å². The normalized spacial score (nSPS) is 15.0. The van der Waals surface area contributed by atoms with E-state index in [2.05, 4.69) is 192 Å². The van der Waals surface area contributed by atoms with Crippen LogP contribution in [-0.2, 0) is 57.7 Å².